The summed E-state index contributed by atoms with van der Waals surface area (Å²) in [6.07, 6.45) is 2.32. The third kappa shape index (κ3) is 2.61. The number of benzene rings is 1. The van der Waals surface area contributed by atoms with E-state index in [9.17, 15) is 4.79 Å². The van der Waals surface area contributed by atoms with Crippen LogP contribution in [0.2, 0.25) is 0 Å². The van der Waals surface area contributed by atoms with E-state index in [1.54, 1.807) is 0 Å². The molecule has 1 heterocycles. The number of carbonyl (C=O) groups is 1. The van der Waals surface area contributed by atoms with Gasteiger partial charge in [-0.1, -0.05) is 12.1 Å². The van der Waals surface area contributed by atoms with Gasteiger partial charge in [-0.3, -0.25) is 4.79 Å². The van der Waals surface area contributed by atoms with E-state index in [1.807, 2.05) is 36.0 Å². The number of rotatable bonds is 3. The second kappa shape index (κ2) is 4.81. The largest absolute Gasteiger partial charge is 0.377 e. The second-order valence-corrected chi connectivity index (χ2v) is 5.02. The van der Waals surface area contributed by atoms with Crippen LogP contribution in [-0.4, -0.2) is 24.2 Å². The van der Waals surface area contributed by atoms with Gasteiger partial charge in [-0.15, -0.1) is 11.8 Å². The molecule has 0 spiro atoms. The molecule has 0 aromatic heterocycles. The van der Waals surface area contributed by atoms with Crippen molar-refractivity contribution in [3.8, 4) is 0 Å². The summed E-state index contributed by atoms with van der Waals surface area (Å²) in [5.74, 6) is 0. The van der Waals surface area contributed by atoms with E-state index in [2.05, 4.69) is 6.92 Å². The zero-order valence-electron chi connectivity index (χ0n) is 8.68. The molecule has 80 valence electrons. The maximum absolute atomic E-state index is 10.5. The molecule has 1 aromatic rings. The minimum Gasteiger partial charge on any atom is -0.377 e. The highest BCUT2D eigenvalue weighted by molar-refractivity contribution is 8.00. The molecule has 0 saturated carbocycles. The molecule has 3 heteroatoms. The standard InChI is InChI=1S/C12H14O2S/c1-9-12(6-7-14-9)15-11-4-2-10(8-13)3-5-11/h2-5,8-9,12H,6-7H2,1H3. The van der Waals surface area contributed by atoms with Gasteiger partial charge in [0.15, 0.2) is 0 Å². The first-order valence-corrected chi connectivity index (χ1v) is 6.01. The lowest BCUT2D eigenvalue weighted by Gasteiger charge is -2.13. The van der Waals surface area contributed by atoms with E-state index in [4.69, 9.17) is 4.74 Å². The summed E-state index contributed by atoms with van der Waals surface area (Å²) in [7, 11) is 0. The molecule has 0 N–H and O–H groups in total. The van der Waals surface area contributed by atoms with Crippen LogP contribution in [-0.2, 0) is 4.74 Å². The maximum atomic E-state index is 10.5. The van der Waals surface area contributed by atoms with Crippen molar-refractivity contribution in [2.75, 3.05) is 6.61 Å². The third-order valence-corrected chi connectivity index (χ3v) is 4.08. The molecule has 1 aliphatic heterocycles. The molecular weight excluding hydrogens is 208 g/mol. The SMILES string of the molecule is CC1OCCC1Sc1ccc(C=O)cc1. The Morgan fingerprint density at radius 1 is 1.40 bits per heavy atom. The normalized spacial score (nSPS) is 25.4. The van der Waals surface area contributed by atoms with Gasteiger partial charge < -0.3 is 4.74 Å². The molecule has 2 atom stereocenters. The Hall–Kier alpha value is -0.800. The highest BCUT2D eigenvalue weighted by Crippen LogP contribution is 2.32. The van der Waals surface area contributed by atoms with Crippen molar-refractivity contribution in [1.82, 2.24) is 0 Å². The summed E-state index contributed by atoms with van der Waals surface area (Å²) >= 11 is 1.84. The average molecular weight is 222 g/mol. The molecule has 15 heavy (non-hydrogen) atoms. The molecule has 1 fully saturated rings. The summed E-state index contributed by atoms with van der Waals surface area (Å²) in [5.41, 5.74) is 0.732. The molecule has 2 rings (SSSR count). The number of ether oxygens (including phenoxy) is 1. The zero-order chi connectivity index (χ0) is 10.7. The van der Waals surface area contributed by atoms with Gasteiger partial charge in [0, 0.05) is 22.3 Å². The fourth-order valence-electron chi connectivity index (χ4n) is 1.67. The minimum absolute atomic E-state index is 0.334. The fourth-order valence-corrected chi connectivity index (χ4v) is 2.79. The van der Waals surface area contributed by atoms with Crippen molar-refractivity contribution in [1.29, 1.82) is 0 Å². The molecule has 0 aliphatic carbocycles. The van der Waals surface area contributed by atoms with E-state index in [-0.39, 0.29) is 0 Å². The van der Waals surface area contributed by atoms with E-state index in [1.165, 1.54) is 4.90 Å². The monoisotopic (exact) mass is 222 g/mol. The number of carbonyl (C=O) groups excluding carboxylic acids is 1. The van der Waals surface area contributed by atoms with Gasteiger partial charge in [-0.25, -0.2) is 0 Å². The van der Waals surface area contributed by atoms with Crippen LogP contribution in [0, 0.1) is 0 Å². The molecule has 2 nitrogen and oxygen atoms in total. The van der Waals surface area contributed by atoms with Gasteiger partial charge in [0.2, 0.25) is 0 Å². The summed E-state index contributed by atoms with van der Waals surface area (Å²) in [4.78, 5) is 11.7. The molecule has 0 bridgehead atoms. The van der Waals surface area contributed by atoms with Gasteiger partial charge >= 0.3 is 0 Å². The third-order valence-electron chi connectivity index (χ3n) is 2.61. The molecule has 1 saturated heterocycles. The number of thioether (sulfide) groups is 1. The summed E-state index contributed by atoms with van der Waals surface area (Å²) in [5, 5.41) is 0.548. The van der Waals surface area contributed by atoms with Crippen molar-refractivity contribution < 1.29 is 9.53 Å². The Morgan fingerprint density at radius 2 is 2.13 bits per heavy atom. The average Bonchev–Trinajstić information content (AvgIpc) is 2.66. The summed E-state index contributed by atoms with van der Waals surface area (Å²) in [6.45, 7) is 2.98. The van der Waals surface area contributed by atoms with E-state index in [0.29, 0.717) is 11.4 Å². The first-order valence-electron chi connectivity index (χ1n) is 5.13. The van der Waals surface area contributed by atoms with Crippen LogP contribution in [0.15, 0.2) is 29.2 Å². The predicted molar refractivity (Wildman–Crippen MR) is 61.5 cm³/mol. The van der Waals surface area contributed by atoms with Crippen molar-refractivity contribution in [2.24, 2.45) is 0 Å². The van der Waals surface area contributed by atoms with Gasteiger partial charge in [-0.2, -0.15) is 0 Å². The van der Waals surface area contributed by atoms with Gasteiger partial charge in [0.05, 0.1) is 6.10 Å². The lowest BCUT2D eigenvalue weighted by atomic mass is 10.2. The minimum atomic E-state index is 0.334. The Balaban J connectivity index is 2.01. The smallest absolute Gasteiger partial charge is 0.150 e. The predicted octanol–water partition coefficient (Wildman–Crippen LogP) is 2.77. The summed E-state index contributed by atoms with van der Waals surface area (Å²) in [6, 6.07) is 7.71. The Morgan fingerprint density at radius 3 is 2.67 bits per heavy atom. The Kier molecular flexibility index (Phi) is 3.44. The van der Waals surface area contributed by atoms with E-state index >= 15 is 0 Å². The van der Waals surface area contributed by atoms with Gasteiger partial charge in [-0.05, 0) is 25.5 Å². The van der Waals surface area contributed by atoms with Crippen LogP contribution < -0.4 is 0 Å². The van der Waals surface area contributed by atoms with Crippen molar-refractivity contribution in [3.05, 3.63) is 29.8 Å². The Bertz CT molecular complexity index is 334. The molecular formula is C12H14O2S. The van der Waals surface area contributed by atoms with Crippen LogP contribution in [0.25, 0.3) is 0 Å². The van der Waals surface area contributed by atoms with E-state index < -0.39 is 0 Å². The Labute approximate surface area is 94.0 Å². The maximum Gasteiger partial charge on any atom is 0.150 e. The molecule has 1 aliphatic rings. The molecule has 0 radical (unpaired) electrons. The van der Waals surface area contributed by atoms with Crippen molar-refractivity contribution in [3.63, 3.8) is 0 Å². The van der Waals surface area contributed by atoms with Crippen LogP contribution in [0.4, 0.5) is 0 Å². The highest BCUT2D eigenvalue weighted by atomic mass is 32.2. The zero-order valence-corrected chi connectivity index (χ0v) is 9.50. The van der Waals surface area contributed by atoms with Crippen LogP contribution in [0.5, 0.6) is 0 Å². The molecule has 2 unspecified atom stereocenters. The summed E-state index contributed by atoms with van der Waals surface area (Å²) < 4.78 is 5.51. The van der Waals surface area contributed by atoms with Crippen molar-refractivity contribution in [2.45, 2.75) is 29.6 Å². The number of hydrogen-bond donors (Lipinski definition) is 0. The van der Waals surface area contributed by atoms with Gasteiger partial charge in [0.25, 0.3) is 0 Å². The number of aldehydes is 1. The van der Waals surface area contributed by atoms with Gasteiger partial charge in [0.1, 0.15) is 6.29 Å². The van der Waals surface area contributed by atoms with Crippen LogP contribution in [0.3, 0.4) is 0 Å². The lowest BCUT2D eigenvalue weighted by Crippen LogP contribution is -2.12. The van der Waals surface area contributed by atoms with E-state index in [0.717, 1.165) is 24.9 Å². The van der Waals surface area contributed by atoms with Crippen LogP contribution in [0.1, 0.15) is 23.7 Å². The highest BCUT2D eigenvalue weighted by Gasteiger charge is 2.24. The lowest BCUT2D eigenvalue weighted by molar-refractivity contribution is 0.112. The second-order valence-electron chi connectivity index (χ2n) is 3.71. The number of hydrogen-bond acceptors (Lipinski definition) is 3. The van der Waals surface area contributed by atoms with Crippen molar-refractivity contribution >= 4 is 18.0 Å². The quantitative estimate of drug-likeness (QED) is 0.736. The first kappa shape index (κ1) is 10.7. The topological polar surface area (TPSA) is 26.3 Å². The molecule has 0 amide bonds. The first-order chi connectivity index (χ1) is 7.29. The van der Waals surface area contributed by atoms with Crippen LogP contribution >= 0.6 is 11.8 Å². The molecule has 1 aromatic carbocycles. The fraction of sp³-hybridized carbons (Fsp3) is 0.417.